The minimum absolute atomic E-state index is 0.702. The van der Waals surface area contributed by atoms with E-state index in [0.717, 1.165) is 21.8 Å². The summed E-state index contributed by atoms with van der Waals surface area (Å²) in [6.07, 6.45) is 3.25. The molecular formula is C22H18N2O4+2. The van der Waals surface area contributed by atoms with E-state index in [9.17, 15) is 9.59 Å². The van der Waals surface area contributed by atoms with E-state index in [2.05, 4.69) is 0 Å². The monoisotopic (exact) mass is 374 g/mol. The first-order chi connectivity index (χ1) is 13.6. The third-order valence-corrected chi connectivity index (χ3v) is 4.43. The van der Waals surface area contributed by atoms with Crippen LogP contribution in [0.15, 0.2) is 85.2 Å². The summed E-state index contributed by atoms with van der Waals surface area (Å²) < 4.78 is 2.71. The van der Waals surface area contributed by atoms with Gasteiger partial charge in [0.15, 0.2) is 5.92 Å². The average molecular weight is 374 g/mol. The molecular weight excluding hydrogens is 356 g/mol. The Kier molecular flexibility index (Phi) is 4.68. The average Bonchev–Trinajstić information content (AvgIpc) is 2.73. The second-order valence-electron chi connectivity index (χ2n) is 6.33. The zero-order valence-electron chi connectivity index (χ0n) is 15.2. The highest BCUT2D eigenvalue weighted by Crippen LogP contribution is 2.09. The topological polar surface area (TPSA) is 60.4 Å². The number of pyridine rings is 2. The van der Waals surface area contributed by atoms with E-state index in [0.29, 0.717) is 0 Å². The maximum atomic E-state index is 12.5. The van der Waals surface area contributed by atoms with Crippen molar-refractivity contribution in [2.75, 3.05) is 0 Å². The highest BCUT2D eigenvalue weighted by molar-refractivity contribution is 5.94. The van der Waals surface area contributed by atoms with Gasteiger partial charge < -0.3 is 0 Å². The summed E-state index contributed by atoms with van der Waals surface area (Å²) in [5.74, 6) is -2.50. The minimum atomic E-state index is -1.10. The van der Waals surface area contributed by atoms with Crippen LogP contribution in [0.1, 0.15) is 6.92 Å². The van der Waals surface area contributed by atoms with Crippen molar-refractivity contribution in [3.8, 4) is 0 Å². The van der Waals surface area contributed by atoms with Crippen LogP contribution in [0.3, 0.4) is 0 Å². The molecule has 4 aromatic rings. The van der Waals surface area contributed by atoms with Crippen molar-refractivity contribution in [3.05, 3.63) is 85.2 Å². The number of aromatic nitrogens is 2. The number of hydrogen-bond acceptors (Lipinski definition) is 4. The maximum Gasteiger partial charge on any atom is 0.394 e. The van der Waals surface area contributed by atoms with Crippen molar-refractivity contribution < 1.29 is 28.7 Å². The van der Waals surface area contributed by atoms with Gasteiger partial charge in [0.05, 0.1) is 10.8 Å². The zero-order chi connectivity index (χ0) is 19.5. The Hall–Kier alpha value is -3.80. The lowest BCUT2D eigenvalue weighted by Crippen LogP contribution is -2.53. The summed E-state index contributed by atoms with van der Waals surface area (Å²) >= 11 is 0. The summed E-state index contributed by atoms with van der Waals surface area (Å²) in [7, 11) is 0. The molecule has 2 heterocycles. The minimum Gasteiger partial charge on any atom is -0.244 e. The molecule has 6 nitrogen and oxygen atoms in total. The molecule has 0 fully saturated rings. The predicted octanol–water partition coefficient (Wildman–Crippen LogP) is 1.81. The first-order valence-corrected chi connectivity index (χ1v) is 8.87. The molecule has 0 aliphatic carbocycles. The Labute approximate surface area is 161 Å². The molecule has 0 saturated carbocycles. The van der Waals surface area contributed by atoms with Crippen LogP contribution in [0.25, 0.3) is 21.8 Å². The third kappa shape index (κ3) is 3.40. The van der Waals surface area contributed by atoms with Crippen LogP contribution in [0.2, 0.25) is 0 Å². The van der Waals surface area contributed by atoms with Gasteiger partial charge in [0.2, 0.25) is 12.4 Å². The number of nitrogens with zero attached hydrogens (tertiary/aromatic N) is 2. The van der Waals surface area contributed by atoms with Gasteiger partial charge in [-0.05, 0) is 31.2 Å². The number of carbonyl (C=O) groups is 2. The summed E-state index contributed by atoms with van der Waals surface area (Å²) in [4.78, 5) is 35.8. The fourth-order valence-electron chi connectivity index (χ4n) is 2.88. The molecule has 0 N–H and O–H groups in total. The van der Waals surface area contributed by atoms with Gasteiger partial charge in [0, 0.05) is 33.7 Å². The Morgan fingerprint density at radius 1 is 0.679 bits per heavy atom. The predicted molar refractivity (Wildman–Crippen MR) is 101 cm³/mol. The lowest BCUT2D eigenvalue weighted by Gasteiger charge is -2.05. The van der Waals surface area contributed by atoms with E-state index in [1.807, 2.05) is 60.7 Å². The SMILES string of the molecule is CC(C(=O)O[n+]1cccc2ccccc21)C(=O)O[n+]1cccc2ccccc21. The molecule has 0 radical (unpaired) electrons. The van der Waals surface area contributed by atoms with Gasteiger partial charge in [0.25, 0.3) is 11.0 Å². The molecule has 0 saturated heterocycles. The maximum absolute atomic E-state index is 12.5. The van der Waals surface area contributed by atoms with Crippen LogP contribution in [-0.4, -0.2) is 11.9 Å². The third-order valence-electron chi connectivity index (χ3n) is 4.43. The van der Waals surface area contributed by atoms with E-state index in [4.69, 9.17) is 9.68 Å². The molecule has 0 aliphatic rings. The molecule has 0 aliphatic heterocycles. The van der Waals surface area contributed by atoms with E-state index >= 15 is 0 Å². The van der Waals surface area contributed by atoms with Crippen LogP contribution >= 0.6 is 0 Å². The van der Waals surface area contributed by atoms with Gasteiger partial charge in [0.1, 0.15) is 0 Å². The normalized spacial score (nSPS) is 10.9. The summed E-state index contributed by atoms with van der Waals surface area (Å²) in [5.41, 5.74) is 1.45. The lowest BCUT2D eigenvalue weighted by atomic mass is 10.2. The first-order valence-electron chi connectivity index (χ1n) is 8.87. The highest BCUT2D eigenvalue weighted by Gasteiger charge is 2.33. The van der Waals surface area contributed by atoms with Crippen molar-refractivity contribution in [1.82, 2.24) is 0 Å². The molecule has 0 unspecified atom stereocenters. The molecule has 2 aromatic carbocycles. The highest BCUT2D eigenvalue weighted by atomic mass is 16.7. The van der Waals surface area contributed by atoms with Gasteiger partial charge in [-0.1, -0.05) is 24.3 Å². The van der Waals surface area contributed by atoms with Crippen LogP contribution in [0.5, 0.6) is 0 Å². The fourth-order valence-corrected chi connectivity index (χ4v) is 2.88. The van der Waals surface area contributed by atoms with E-state index in [1.165, 1.54) is 16.4 Å². The molecule has 0 spiro atoms. The summed E-state index contributed by atoms with van der Waals surface area (Å²) in [6, 6.07) is 22.3. The summed E-state index contributed by atoms with van der Waals surface area (Å²) in [5, 5.41) is 1.83. The van der Waals surface area contributed by atoms with Crippen molar-refractivity contribution in [1.29, 1.82) is 0 Å². The number of hydrogen-bond donors (Lipinski definition) is 0. The van der Waals surface area contributed by atoms with Crippen LogP contribution in [0, 0.1) is 5.92 Å². The van der Waals surface area contributed by atoms with Crippen molar-refractivity contribution in [2.45, 2.75) is 6.92 Å². The van der Waals surface area contributed by atoms with Crippen LogP contribution < -0.4 is 19.1 Å². The zero-order valence-corrected chi connectivity index (χ0v) is 15.2. The van der Waals surface area contributed by atoms with Gasteiger partial charge >= 0.3 is 11.9 Å². The van der Waals surface area contributed by atoms with E-state index < -0.39 is 17.9 Å². The Morgan fingerprint density at radius 3 is 1.54 bits per heavy atom. The largest absolute Gasteiger partial charge is 0.394 e. The lowest BCUT2D eigenvalue weighted by molar-refractivity contribution is -0.852. The number of carbonyl (C=O) groups excluding carboxylic acids is 2. The smallest absolute Gasteiger partial charge is 0.244 e. The Balaban J connectivity index is 1.52. The van der Waals surface area contributed by atoms with E-state index in [1.54, 1.807) is 24.5 Å². The molecule has 0 atom stereocenters. The van der Waals surface area contributed by atoms with Crippen molar-refractivity contribution in [3.63, 3.8) is 0 Å². The Morgan fingerprint density at radius 2 is 1.07 bits per heavy atom. The summed E-state index contributed by atoms with van der Waals surface area (Å²) in [6.45, 7) is 1.46. The Bertz CT molecular complexity index is 1090. The molecule has 2 aromatic heterocycles. The van der Waals surface area contributed by atoms with E-state index in [-0.39, 0.29) is 0 Å². The molecule has 0 amide bonds. The second-order valence-corrected chi connectivity index (χ2v) is 6.33. The molecule has 0 bridgehead atoms. The second kappa shape index (κ2) is 7.44. The standard InChI is InChI=1S/C22H18N2O4/c1-16(21(25)27-23-14-6-10-17-8-2-4-12-19(17)23)22(26)28-24-15-7-11-18-9-3-5-13-20(18)24/h2-16H,1H3/q+2. The number of benzene rings is 2. The van der Waals surface area contributed by atoms with Gasteiger partial charge in [-0.25, -0.2) is 9.59 Å². The van der Waals surface area contributed by atoms with Crippen molar-refractivity contribution >= 4 is 33.7 Å². The number of para-hydroxylation sites is 2. The van der Waals surface area contributed by atoms with Gasteiger partial charge in [-0.15, -0.1) is 0 Å². The quantitative estimate of drug-likeness (QED) is 0.404. The molecule has 138 valence electrons. The molecule has 6 heteroatoms. The number of rotatable bonds is 4. The fraction of sp³-hybridized carbons (Fsp3) is 0.0909. The molecule has 28 heavy (non-hydrogen) atoms. The molecule has 4 rings (SSSR count). The van der Waals surface area contributed by atoms with Gasteiger partial charge in [-0.3, -0.25) is 0 Å². The van der Waals surface area contributed by atoms with Crippen LogP contribution in [-0.2, 0) is 9.59 Å². The number of fused-ring (bicyclic) bond motifs is 2. The van der Waals surface area contributed by atoms with Crippen LogP contribution in [0.4, 0.5) is 0 Å². The first kappa shape index (κ1) is 17.6. The van der Waals surface area contributed by atoms with Gasteiger partial charge in [-0.2, -0.15) is 9.68 Å². The van der Waals surface area contributed by atoms with Crippen molar-refractivity contribution in [2.24, 2.45) is 5.92 Å².